The molecule has 0 unspecified atom stereocenters. The van der Waals surface area contributed by atoms with E-state index in [4.69, 9.17) is 14.6 Å². The van der Waals surface area contributed by atoms with Crippen molar-refractivity contribution in [2.45, 2.75) is 63.2 Å². The molecule has 110 valence electrons. The maximum Gasteiger partial charge on any atom is 0.0811 e. The molecule has 4 heteroatoms. The summed E-state index contributed by atoms with van der Waals surface area (Å²) in [4.78, 5) is 0. The fraction of sp³-hybridized carbons (Fsp3) is 1.00. The van der Waals surface area contributed by atoms with Gasteiger partial charge in [0.1, 0.15) is 0 Å². The van der Waals surface area contributed by atoms with Gasteiger partial charge in [-0.15, -0.1) is 0 Å². The first-order valence-corrected chi connectivity index (χ1v) is 7.90. The molecule has 1 spiro atoms. The molecule has 19 heavy (non-hydrogen) atoms. The molecular formula is C15H27NO3. The second-order valence-electron chi connectivity index (χ2n) is 6.47. The molecule has 2 heterocycles. The molecule has 0 amide bonds. The lowest BCUT2D eigenvalue weighted by molar-refractivity contribution is -0.00713. The van der Waals surface area contributed by atoms with Gasteiger partial charge in [-0.25, -0.2) is 0 Å². The predicted molar refractivity (Wildman–Crippen MR) is 73.1 cm³/mol. The van der Waals surface area contributed by atoms with Gasteiger partial charge in [0.25, 0.3) is 0 Å². The number of hydrogen-bond acceptors (Lipinski definition) is 4. The van der Waals surface area contributed by atoms with Crippen molar-refractivity contribution < 1.29 is 14.6 Å². The van der Waals surface area contributed by atoms with Gasteiger partial charge in [0.15, 0.2) is 0 Å². The van der Waals surface area contributed by atoms with Crippen molar-refractivity contribution in [3.05, 3.63) is 0 Å². The minimum Gasteiger partial charge on any atom is -0.394 e. The normalized spacial score (nSPS) is 38.1. The zero-order valence-corrected chi connectivity index (χ0v) is 11.8. The summed E-state index contributed by atoms with van der Waals surface area (Å²) in [7, 11) is 0. The van der Waals surface area contributed by atoms with E-state index in [9.17, 15) is 0 Å². The van der Waals surface area contributed by atoms with Gasteiger partial charge in [0.05, 0.1) is 18.8 Å². The highest BCUT2D eigenvalue weighted by atomic mass is 16.5. The van der Waals surface area contributed by atoms with Crippen molar-refractivity contribution in [1.29, 1.82) is 0 Å². The molecule has 3 atom stereocenters. The summed E-state index contributed by atoms with van der Waals surface area (Å²) in [5.74, 6) is 0. The van der Waals surface area contributed by atoms with Crippen LogP contribution in [0.15, 0.2) is 0 Å². The first-order valence-electron chi connectivity index (χ1n) is 7.90. The number of hydrogen-bond donors (Lipinski definition) is 2. The van der Waals surface area contributed by atoms with Crippen molar-refractivity contribution in [3.63, 3.8) is 0 Å². The second-order valence-corrected chi connectivity index (χ2v) is 6.47. The highest BCUT2D eigenvalue weighted by Gasteiger charge is 2.43. The Morgan fingerprint density at radius 1 is 1.05 bits per heavy atom. The van der Waals surface area contributed by atoms with E-state index >= 15 is 0 Å². The Hall–Kier alpha value is -0.160. The molecule has 3 fully saturated rings. The van der Waals surface area contributed by atoms with Crippen LogP contribution in [0.5, 0.6) is 0 Å². The molecule has 0 bridgehead atoms. The van der Waals surface area contributed by atoms with Gasteiger partial charge in [0.2, 0.25) is 0 Å². The van der Waals surface area contributed by atoms with E-state index in [1.165, 1.54) is 32.1 Å². The van der Waals surface area contributed by atoms with Crippen LogP contribution in [0.25, 0.3) is 0 Å². The van der Waals surface area contributed by atoms with Crippen molar-refractivity contribution in [2.75, 3.05) is 26.4 Å². The Morgan fingerprint density at radius 3 is 2.58 bits per heavy atom. The van der Waals surface area contributed by atoms with Gasteiger partial charge in [-0.05, 0) is 43.9 Å². The monoisotopic (exact) mass is 269 g/mol. The van der Waals surface area contributed by atoms with Crippen LogP contribution in [0.3, 0.4) is 0 Å². The quantitative estimate of drug-likeness (QED) is 0.811. The number of nitrogens with one attached hydrogen (secondary N) is 1. The maximum absolute atomic E-state index is 9.10. The molecule has 4 nitrogen and oxygen atoms in total. The van der Waals surface area contributed by atoms with E-state index in [1.807, 2.05) is 0 Å². The molecule has 3 rings (SSSR count). The fourth-order valence-corrected chi connectivity index (χ4v) is 4.17. The van der Waals surface area contributed by atoms with Crippen LogP contribution in [0, 0.1) is 5.41 Å². The second kappa shape index (κ2) is 6.08. The average molecular weight is 269 g/mol. The van der Waals surface area contributed by atoms with Gasteiger partial charge in [-0.1, -0.05) is 6.42 Å². The van der Waals surface area contributed by atoms with Crippen molar-refractivity contribution in [2.24, 2.45) is 5.41 Å². The van der Waals surface area contributed by atoms with Gasteiger partial charge in [-0.3, -0.25) is 0 Å². The van der Waals surface area contributed by atoms with Crippen LogP contribution in [-0.2, 0) is 9.47 Å². The first-order chi connectivity index (χ1) is 9.32. The Labute approximate surface area is 115 Å². The summed E-state index contributed by atoms with van der Waals surface area (Å²) in [6, 6.07) is 0.646. The Bertz CT molecular complexity index is 291. The van der Waals surface area contributed by atoms with E-state index in [-0.39, 0.29) is 12.7 Å². The smallest absolute Gasteiger partial charge is 0.0811 e. The Morgan fingerprint density at radius 2 is 1.84 bits per heavy atom. The van der Waals surface area contributed by atoms with Crippen LogP contribution in [-0.4, -0.2) is 49.7 Å². The molecule has 0 aromatic rings. The Kier molecular flexibility index (Phi) is 4.42. The number of aliphatic hydroxyl groups is 1. The van der Waals surface area contributed by atoms with Crippen molar-refractivity contribution in [1.82, 2.24) is 5.32 Å². The third kappa shape index (κ3) is 2.97. The molecule has 0 aromatic heterocycles. The highest BCUT2D eigenvalue weighted by molar-refractivity contribution is 4.98. The Balaban J connectivity index is 1.49. The summed E-state index contributed by atoms with van der Waals surface area (Å²) in [6.45, 7) is 2.99. The molecule has 2 aliphatic heterocycles. The van der Waals surface area contributed by atoms with Crippen molar-refractivity contribution >= 4 is 0 Å². The highest BCUT2D eigenvalue weighted by Crippen LogP contribution is 2.46. The average Bonchev–Trinajstić information content (AvgIpc) is 3.05. The summed E-state index contributed by atoms with van der Waals surface area (Å²) < 4.78 is 11.3. The lowest BCUT2D eigenvalue weighted by Crippen LogP contribution is -2.47. The van der Waals surface area contributed by atoms with Crippen LogP contribution >= 0.6 is 0 Å². The van der Waals surface area contributed by atoms with Gasteiger partial charge >= 0.3 is 0 Å². The largest absolute Gasteiger partial charge is 0.394 e. The van der Waals surface area contributed by atoms with Crippen LogP contribution < -0.4 is 5.32 Å². The van der Waals surface area contributed by atoms with Crippen LogP contribution in [0.1, 0.15) is 44.9 Å². The first kappa shape index (κ1) is 13.8. The number of aliphatic hydroxyl groups excluding tert-OH is 1. The van der Waals surface area contributed by atoms with E-state index in [1.54, 1.807) is 0 Å². The van der Waals surface area contributed by atoms with E-state index in [0.29, 0.717) is 17.6 Å². The zero-order valence-electron chi connectivity index (χ0n) is 11.8. The van der Waals surface area contributed by atoms with Crippen LogP contribution in [0.4, 0.5) is 0 Å². The van der Waals surface area contributed by atoms with Gasteiger partial charge < -0.3 is 19.9 Å². The molecule has 3 aliphatic rings. The van der Waals surface area contributed by atoms with Crippen LogP contribution in [0.2, 0.25) is 0 Å². The van der Waals surface area contributed by atoms with E-state index < -0.39 is 0 Å². The lowest BCUT2D eigenvalue weighted by atomic mass is 9.75. The summed E-state index contributed by atoms with van der Waals surface area (Å²) in [5.41, 5.74) is 0.493. The number of rotatable bonds is 4. The van der Waals surface area contributed by atoms with Gasteiger partial charge in [0, 0.05) is 25.8 Å². The summed E-state index contributed by atoms with van der Waals surface area (Å²) >= 11 is 0. The molecule has 1 aliphatic carbocycles. The van der Waals surface area contributed by atoms with E-state index in [2.05, 4.69) is 5.32 Å². The molecule has 2 saturated heterocycles. The maximum atomic E-state index is 9.10. The summed E-state index contributed by atoms with van der Waals surface area (Å²) in [6.07, 6.45) is 8.91. The topological polar surface area (TPSA) is 50.7 Å². The number of ether oxygens (including phenoxy) is 2. The fourth-order valence-electron chi connectivity index (χ4n) is 4.17. The zero-order chi connectivity index (χ0) is 13.1. The molecular weight excluding hydrogens is 242 g/mol. The minimum absolute atomic E-state index is 0.0763. The molecule has 2 N–H and O–H groups in total. The molecule has 0 radical (unpaired) electrons. The lowest BCUT2D eigenvalue weighted by Gasteiger charge is -2.39. The van der Waals surface area contributed by atoms with Gasteiger partial charge in [-0.2, -0.15) is 0 Å². The predicted octanol–water partition coefficient (Wildman–Crippen LogP) is 1.47. The summed E-state index contributed by atoms with van der Waals surface area (Å²) in [5, 5.41) is 12.9. The standard InChI is InChI=1S/C15H27NO3/c17-11-13-4-3-12(19-13)10-16-14-2-1-5-15(14)6-8-18-9-7-15/h12-14,16-17H,1-11H2/t12-,13+,14+/m1/s1. The third-order valence-electron chi connectivity index (χ3n) is 5.39. The SMILES string of the molecule is OC[C@@H]1CC[C@H](CN[C@H]2CCCC23CCOCC3)O1. The van der Waals surface area contributed by atoms with Crippen molar-refractivity contribution in [3.8, 4) is 0 Å². The van der Waals surface area contributed by atoms with E-state index in [0.717, 1.165) is 32.6 Å². The molecule has 0 aromatic carbocycles. The molecule has 1 saturated carbocycles. The minimum atomic E-state index is 0.0763. The third-order valence-corrected chi connectivity index (χ3v) is 5.39.